The molecule has 0 radical (unpaired) electrons. The number of benzene rings is 1. The Balaban J connectivity index is 1.49. The quantitative estimate of drug-likeness (QED) is 0.750. The first-order valence-corrected chi connectivity index (χ1v) is 9.50. The van der Waals surface area contributed by atoms with Crippen LogP contribution in [0.5, 0.6) is 0 Å². The van der Waals surface area contributed by atoms with Gasteiger partial charge in [0.25, 0.3) is 5.91 Å². The number of nitrogens with one attached hydrogen (secondary N) is 1. The number of aromatic nitrogens is 2. The van der Waals surface area contributed by atoms with Gasteiger partial charge in [0, 0.05) is 31.4 Å². The highest BCUT2D eigenvalue weighted by atomic mass is 16.3. The number of likely N-dealkylation sites (tertiary alicyclic amines) is 1. The molecule has 2 aromatic heterocycles. The third-order valence-corrected chi connectivity index (χ3v) is 5.11. The molecule has 27 heavy (non-hydrogen) atoms. The summed E-state index contributed by atoms with van der Waals surface area (Å²) in [4.78, 5) is 23.7. The van der Waals surface area contributed by atoms with Crippen LogP contribution in [-0.4, -0.2) is 40.4 Å². The third-order valence-electron chi connectivity index (χ3n) is 5.11. The van der Waals surface area contributed by atoms with Gasteiger partial charge < -0.3 is 9.73 Å². The van der Waals surface area contributed by atoms with E-state index in [-0.39, 0.29) is 11.9 Å². The van der Waals surface area contributed by atoms with E-state index in [9.17, 15) is 4.79 Å². The van der Waals surface area contributed by atoms with Gasteiger partial charge in [-0.05, 0) is 55.8 Å². The molecule has 0 saturated carbocycles. The SMILES string of the molecule is Cc1nc2ccc(C(=O)NCC(c3cccnc3)N3CCCCC3)cc2o1. The van der Waals surface area contributed by atoms with E-state index in [1.165, 1.54) is 19.3 Å². The number of hydrogen-bond acceptors (Lipinski definition) is 5. The molecule has 0 aliphatic carbocycles. The molecular weight excluding hydrogens is 340 g/mol. The molecule has 6 nitrogen and oxygen atoms in total. The number of nitrogens with zero attached hydrogens (tertiary/aromatic N) is 3. The second kappa shape index (κ2) is 7.88. The van der Waals surface area contributed by atoms with Gasteiger partial charge in [-0.1, -0.05) is 12.5 Å². The molecule has 1 atom stereocenters. The number of piperidine rings is 1. The van der Waals surface area contributed by atoms with Crippen LogP contribution in [0.1, 0.15) is 47.1 Å². The summed E-state index contributed by atoms with van der Waals surface area (Å²) in [5.41, 5.74) is 3.13. The summed E-state index contributed by atoms with van der Waals surface area (Å²) in [5, 5.41) is 3.10. The van der Waals surface area contributed by atoms with Gasteiger partial charge in [0.1, 0.15) is 5.52 Å². The fraction of sp³-hybridized carbons (Fsp3) is 0.381. The van der Waals surface area contributed by atoms with Crippen LogP contribution in [0.25, 0.3) is 11.1 Å². The molecule has 3 heterocycles. The number of rotatable bonds is 5. The van der Waals surface area contributed by atoms with E-state index in [2.05, 4.69) is 26.3 Å². The van der Waals surface area contributed by atoms with E-state index < -0.39 is 0 Å². The van der Waals surface area contributed by atoms with Crippen LogP contribution in [0.15, 0.2) is 47.1 Å². The van der Waals surface area contributed by atoms with E-state index in [0.717, 1.165) is 24.2 Å². The number of hydrogen-bond donors (Lipinski definition) is 1. The van der Waals surface area contributed by atoms with Crippen LogP contribution in [0.4, 0.5) is 0 Å². The number of oxazole rings is 1. The van der Waals surface area contributed by atoms with E-state index in [1.807, 2.05) is 18.3 Å². The zero-order valence-corrected chi connectivity index (χ0v) is 15.5. The molecule has 1 unspecified atom stereocenters. The van der Waals surface area contributed by atoms with Crippen LogP contribution in [0.3, 0.4) is 0 Å². The molecule has 6 heteroatoms. The van der Waals surface area contributed by atoms with Crippen molar-refractivity contribution in [3.8, 4) is 0 Å². The molecule has 3 aromatic rings. The average Bonchev–Trinajstić information content (AvgIpc) is 3.09. The van der Waals surface area contributed by atoms with Crippen molar-refractivity contribution in [1.82, 2.24) is 20.2 Å². The van der Waals surface area contributed by atoms with Crippen LogP contribution in [-0.2, 0) is 0 Å². The van der Waals surface area contributed by atoms with Crippen molar-refractivity contribution >= 4 is 17.0 Å². The molecular formula is C21H24N4O2. The molecule has 0 spiro atoms. The highest BCUT2D eigenvalue weighted by molar-refractivity contribution is 5.97. The zero-order valence-electron chi connectivity index (χ0n) is 15.5. The minimum absolute atomic E-state index is 0.100. The maximum absolute atomic E-state index is 12.7. The lowest BCUT2D eigenvalue weighted by Gasteiger charge is -2.34. The zero-order chi connectivity index (χ0) is 18.6. The molecule has 1 aliphatic heterocycles. The fourth-order valence-electron chi connectivity index (χ4n) is 3.73. The number of carbonyl (C=O) groups excluding carboxylic acids is 1. The maximum Gasteiger partial charge on any atom is 0.251 e. The first kappa shape index (κ1) is 17.7. The Morgan fingerprint density at radius 3 is 2.89 bits per heavy atom. The van der Waals surface area contributed by atoms with Gasteiger partial charge in [-0.2, -0.15) is 0 Å². The van der Waals surface area contributed by atoms with Crippen LogP contribution in [0, 0.1) is 6.92 Å². The molecule has 1 N–H and O–H groups in total. The predicted molar refractivity (Wildman–Crippen MR) is 103 cm³/mol. The molecule has 1 saturated heterocycles. The van der Waals surface area contributed by atoms with Crippen molar-refractivity contribution in [2.75, 3.05) is 19.6 Å². The Hall–Kier alpha value is -2.73. The van der Waals surface area contributed by atoms with Crippen molar-refractivity contribution in [3.05, 3.63) is 59.7 Å². The van der Waals surface area contributed by atoms with Crippen molar-refractivity contribution in [2.45, 2.75) is 32.2 Å². The van der Waals surface area contributed by atoms with Crippen LogP contribution in [0.2, 0.25) is 0 Å². The molecule has 1 aromatic carbocycles. The summed E-state index contributed by atoms with van der Waals surface area (Å²) in [6.45, 7) is 4.46. The Kier molecular flexibility index (Phi) is 5.16. The Bertz CT molecular complexity index is 916. The van der Waals surface area contributed by atoms with Gasteiger partial charge in [0.2, 0.25) is 0 Å². The minimum atomic E-state index is -0.100. The average molecular weight is 364 g/mol. The number of aryl methyl sites for hydroxylation is 1. The lowest BCUT2D eigenvalue weighted by atomic mass is 10.0. The largest absolute Gasteiger partial charge is 0.441 e. The van der Waals surface area contributed by atoms with Gasteiger partial charge in [-0.15, -0.1) is 0 Å². The van der Waals surface area contributed by atoms with E-state index in [0.29, 0.717) is 23.6 Å². The van der Waals surface area contributed by atoms with Crippen molar-refractivity contribution in [3.63, 3.8) is 0 Å². The summed E-state index contributed by atoms with van der Waals surface area (Å²) < 4.78 is 5.54. The highest BCUT2D eigenvalue weighted by Crippen LogP contribution is 2.24. The molecule has 140 valence electrons. The van der Waals surface area contributed by atoms with Gasteiger partial charge in [0.05, 0.1) is 6.04 Å². The Morgan fingerprint density at radius 2 is 2.11 bits per heavy atom. The second-order valence-corrected chi connectivity index (χ2v) is 7.02. The lowest BCUT2D eigenvalue weighted by Crippen LogP contribution is -2.40. The number of amides is 1. The van der Waals surface area contributed by atoms with E-state index >= 15 is 0 Å². The smallest absolute Gasteiger partial charge is 0.251 e. The van der Waals surface area contributed by atoms with E-state index in [1.54, 1.807) is 25.3 Å². The summed E-state index contributed by atoms with van der Waals surface area (Å²) in [7, 11) is 0. The Morgan fingerprint density at radius 1 is 1.26 bits per heavy atom. The second-order valence-electron chi connectivity index (χ2n) is 7.02. The van der Waals surface area contributed by atoms with Crippen molar-refractivity contribution in [2.24, 2.45) is 0 Å². The maximum atomic E-state index is 12.7. The van der Waals surface area contributed by atoms with Crippen LogP contribution >= 0.6 is 0 Å². The summed E-state index contributed by atoms with van der Waals surface area (Å²) in [5.74, 6) is 0.501. The summed E-state index contributed by atoms with van der Waals surface area (Å²) in [6.07, 6.45) is 7.36. The standard InChI is InChI=1S/C21H24N4O2/c1-15-24-18-8-7-16(12-20(18)27-15)21(26)23-14-19(17-6-5-9-22-13-17)25-10-3-2-4-11-25/h5-9,12-13,19H,2-4,10-11,14H2,1H3,(H,23,26). The van der Waals surface area contributed by atoms with Crippen molar-refractivity contribution in [1.29, 1.82) is 0 Å². The molecule has 0 bridgehead atoms. The minimum Gasteiger partial charge on any atom is -0.441 e. The topological polar surface area (TPSA) is 71.3 Å². The van der Waals surface area contributed by atoms with Gasteiger partial charge in [-0.3, -0.25) is 14.7 Å². The first-order valence-electron chi connectivity index (χ1n) is 9.50. The fourth-order valence-corrected chi connectivity index (χ4v) is 3.73. The predicted octanol–water partition coefficient (Wildman–Crippen LogP) is 3.49. The highest BCUT2D eigenvalue weighted by Gasteiger charge is 2.23. The molecule has 1 fully saturated rings. The number of carbonyl (C=O) groups is 1. The first-order chi connectivity index (χ1) is 13.2. The van der Waals surface area contributed by atoms with Crippen LogP contribution < -0.4 is 5.32 Å². The summed E-state index contributed by atoms with van der Waals surface area (Å²) in [6, 6.07) is 9.55. The number of pyridine rings is 1. The monoisotopic (exact) mass is 364 g/mol. The van der Waals surface area contributed by atoms with Crippen molar-refractivity contribution < 1.29 is 9.21 Å². The summed E-state index contributed by atoms with van der Waals surface area (Å²) >= 11 is 0. The molecule has 1 amide bonds. The van der Waals surface area contributed by atoms with E-state index in [4.69, 9.17) is 4.42 Å². The molecule has 1 aliphatic rings. The van der Waals surface area contributed by atoms with Gasteiger partial charge in [0.15, 0.2) is 11.5 Å². The normalized spacial score (nSPS) is 16.3. The third kappa shape index (κ3) is 4.01. The Labute approximate surface area is 158 Å². The van der Waals surface area contributed by atoms with Gasteiger partial charge in [-0.25, -0.2) is 4.98 Å². The number of fused-ring (bicyclic) bond motifs is 1. The lowest BCUT2D eigenvalue weighted by molar-refractivity contribution is 0.0924. The molecule has 4 rings (SSSR count). The van der Waals surface area contributed by atoms with Gasteiger partial charge >= 0.3 is 0 Å².